The Balaban J connectivity index is 2.57. The van der Waals surface area contributed by atoms with Crippen molar-refractivity contribution in [2.45, 2.75) is 0 Å². The molecule has 0 aliphatic rings. The van der Waals surface area contributed by atoms with Crippen molar-refractivity contribution in [1.82, 2.24) is 0 Å². The van der Waals surface area contributed by atoms with E-state index >= 15 is 0 Å². The van der Waals surface area contributed by atoms with Crippen LogP contribution in [-0.4, -0.2) is 0 Å². The van der Waals surface area contributed by atoms with E-state index < -0.39 is 11.6 Å². The number of benzene rings is 2. The Kier molecular flexibility index (Phi) is 2.48. The molecule has 4 N–H and O–H groups in total. The van der Waals surface area contributed by atoms with E-state index in [-0.39, 0.29) is 11.3 Å². The van der Waals surface area contributed by atoms with E-state index in [0.717, 1.165) is 0 Å². The van der Waals surface area contributed by atoms with Gasteiger partial charge in [0.25, 0.3) is 0 Å². The lowest BCUT2D eigenvalue weighted by molar-refractivity contribution is 0.514. The van der Waals surface area contributed by atoms with Gasteiger partial charge in [0.15, 0.2) is 11.6 Å². The van der Waals surface area contributed by atoms with E-state index in [1.165, 1.54) is 12.1 Å². The third-order valence-corrected chi connectivity index (χ3v) is 2.33. The molecule has 16 heavy (non-hydrogen) atoms. The smallest absolute Gasteiger partial charge is 0.182 e. The largest absolute Gasteiger partial charge is 0.399 e. The van der Waals surface area contributed by atoms with E-state index in [1.807, 2.05) is 0 Å². The summed E-state index contributed by atoms with van der Waals surface area (Å²) < 4.78 is 26.8. The van der Waals surface area contributed by atoms with Gasteiger partial charge in [0.2, 0.25) is 0 Å². The summed E-state index contributed by atoms with van der Waals surface area (Å²) in [4.78, 5) is 0. The third kappa shape index (κ3) is 1.69. The summed E-state index contributed by atoms with van der Waals surface area (Å²) in [5.41, 5.74) is 11.9. The lowest BCUT2D eigenvalue weighted by atomic mass is 10.0. The Bertz CT molecular complexity index is 521. The molecule has 0 heterocycles. The van der Waals surface area contributed by atoms with Crippen LogP contribution in [0.25, 0.3) is 11.1 Å². The van der Waals surface area contributed by atoms with Gasteiger partial charge >= 0.3 is 0 Å². The predicted octanol–water partition coefficient (Wildman–Crippen LogP) is 2.80. The fourth-order valence-corrected chi connectivity index (χ4v) is 1.45. The lowest BCUT2D eigenvalue weighted by Gasteiger charge is -2.06. The summed E-state index contributed by atoms with van der Waals surface area (Å²) in [7, 11) is 0. The molecule has 0 aromatic heterocycles. The lowest BCUT2D eigenvalue weighted by Crippen LogP contribution is -1.96. The van der Waals surface area contributed by atoms with Gasteiger partial charge in [-0.3, -0.25) is 0 Å². The number of nitrogens with two attached hydrogens (primary N) is 2. The summed E-state index contributed by atoms with van der Waals surface area (Å²) in [5, 5.41) is 0. The standard InChI is InChI=1S/C12H10F2N2/c13-11-9(5-6-10(16)12(11)14)7-1-3-8(15)4-2-7/h1-6H,15-16H2. The van der Waals surface area contributed by atoms with Crippen molar-refractivity contribution in [3.8, 4) is 11.1 Å². The number of anilines is 2. The van der Waals surface area contributed by atoms with Gasteiger partial charge in [-0.05, 0) is 29.8 Å². The molecule has 0 amide bonds. The van der Waals surface area contributed by atoms with Crippen LogP contribution in [-0.2, 0) is 0 Å². The molecule has 0 bridgehead atoms. The molecule has 2 aromatic rings. The number of hydrogen-bond acceptors (Lipinski definition) is 2. The van der Waals surface area contributed by atoms with Crippen LogP contribution in [0, 0.1) is 11.6 Å². The minimum absolute atomic E-state index is 0.173. The molecule has 0 saturated heterocycles. The maximum atomic E-state index is 13.6. The van der Waals surface area contributed by atoms with Crippen molar-refractivity contribution in [2.24, 2.45) is 0 Å². The average Bonchev–Trinajstić information content (AvgIpc) is 2.28. The number of halogens is 2. The molecule has 2 nitrogen and oxygen atoms in total. The van der Waals surface area contributed by atoms with Crippen molar-refractivity contribution in [2.75, 3.05) is 11.5 Å². The fourth-order valence-electron chi connectivity index (χ4n) is 1.45. The molecule has 0 spiro atoms. The van der Waals surface area contributed by atoms with Gasteiger partial charge in [-0.25, -0.2) is 8.78 Å². The topological polar surface area (TPSA) is 52.0 Å². The molecule has 0 radical (unpaired) electrons. The minimum atomic E-state index is -1.02. The number of rotatable bonds is 1. The Morgan fingerprint density at radius 1 is 0.750 bits per heavy atom. The molecule has 0 atom stereocenters. The second-order valence-electron chi connectivity index (χ2n) is 3.45. The quantitative estimate of drug-likeness (QED) is 0.726. The van der Waals surface area contributed by atoms with Crippen LogP contribution in [0.4, 0.5) is 20.2 Å². The van der Waals surface area contributed by atoms with Crippen LogP contribution in [0.5, 0.6) is 0 Å². The third-order valence-electron chi connectivity index (χ3n) is 2.33. The molecule has 0 fully saturated rings. The molecule has 82 valence electrons. The van der Waals surface area contributed by atoms with Crippen LogP contribution in [0.2, 0.25) is 0 Å². The average molecular weight is 220 g/mol. The molecule has 2 rings (SSSR count). The molecular weight excluding hydrogens is 210 g/mol. The number of hydrogen-bond donors (Lipinski definition) is 2. The normalized spacial score (nSPS) is 10.4. The minimum Gasteiger partial charge on any atom is -0.399 e. The van der Waals surface area contributed by atoms with Crippen molar-refractivity contribution in [1.29, 1.82) is 0 Å². The second-order valence-corrected chi connectivity index (χ2v) is 3.45. The van der Waals surface area contributed by atoms with Gasteiger partial charge in [-0.15, -0.1) is 0 Å². The van der Waals surface area contributed by atoms with E-state index in [1.54, 1.807) is 24.3 Å². The molecule has 0 saturated carbocycles. The van der Waals surface area contributed by atoms with Crippen LogP contribution < -0.4 is 11.5 Å². The summed E-state index contributed by atoms with van der Waals surface area (Å²) in [6.07, 6.45) is 0. The zero-order chi connectivity index (χ0) is 11.7. The maximum Gasteiger partial charge on any atom is 0.182 e. The van der Waals surface area contributed by atoms with Gasteiger partial charge in [0, 0.05) is 11.3 Å². The first-order valence-corrected chi connectivity index (χ1v) is 4.69. The van der Waals surface area contributed by atoms with E-state index in [0.29, 0.717) is 11.3 Å². The SMILES string of the molecule is Nc1ccc(-c2ccc(N)c(F)c2F)cc1. The highest BCUT2D eigenvalue weighted by Gasteiger charge is 2.12. The zero-order valence-electron chi connectivity index (χ0n) is 8.37. The zero-order valence-corrected chi connectivity index (χ0v) is 8.37. The van der Waals surface area contributed by atoms with Crippen molar-refractivity contribution >= 4 is 11.4 Å². The van der Waals surface area contributed by atoms with E-state index in [9.17, 15) is 8.78 Å². The van der Waals surface area contributed by atoms with Gasteiger partial charge in [0.05, 0.1) is 5.69 Å². The first kappa shape index (κ1) is 10.4. The Hall–Kier alpha value is -2.10. The Morgan fingerprint density at radius 3 is 2.00 bits per heavy atom. The first-order chi connectivity index (χ1) is 7.59. The van der Waals surface area contributed by atoms with Crippen LogP contribution >= 0.6 is 0 Å². The Morgan fingerprint density at radius 2 is 1.38 bits per heavy atom. The van der Waals surface area contributed by atoms with E-state index in [4.69, 9.17) is 11.5 Å². The number of nitrogen functional groups attached to an aromatic ring is 2. The van der Waals surface area contributed by atoms with Gasteiger partial charge in [-0.2, -0.15) is 0 Å². The highest BCUT2D eigenvalue weighted by molar-refractivity contribution is 5.68. The van der Waals surface area contributed by atoms with Crippen LogP contribution in [0.1, 0.15) is 0 Å². The highest BCUT2D eigenvalue weighted by atomic mass is 19.2. The monoisotopic (exact) mass is 220 g/mol. The van der Waals surface area contributed by atoms with Gasteiger partial charge in [0.1, 0.15) is 0 Å². The summed E-state index contributed by atoms with van der Waals surface area (Å²) in [5.74, 6) is -1.96. The second kappa shape index (κ2) is 3.81. The molecule has 0 unspecified atom stereocenters. The molecule has 4 heteroatoms. The summed E-state index contributed by atoms with van der Waals surface area (Å²) in [6, 6.07) is 9.29. The highest BCUT2D eigenvalue weighted by Crippen LogP contribution is 2.27. The Labute approximate surface area is 91.5 Å². The maximum absolute atomic E-state index is 13.6. The summed E-state index contributed by atoms with van der Waals surface area (Å²) in [6.45, 7) is 0. The van der Waals surface area contributed by atoms with Gasteiger partial charge in [-0.1, -0.05) is 12.1 Å². The predicted molar refractivity (Wildman–Crippen MR) is 60.6 cm³/mol. The van der Waals surface area contributed by atoms with Gasteiger partial charge < -0.3 is 11.5 Å². The fraction of sp³-hybridized carbons (Fsp3) is 0. The summed E-state index contributed by atoms with van der Waals surface area (Å²) >= 11 is 0. The van der Waals surface area contributed by atoms with Crippen molar-refractivity contribution < 1.29 is 8.78 Å². The first-order valence-electron chi connectivity index (χ1n) is 4.69. The molecule has 2 aromatic carbocycles. The molecule has 0 aliphatic carbocycles. The van der Waals surface area contributed by atoms with Crippen LogP contribution in [0.15, 0.2) is 36.4 Å². The van der Waals surface area contributed by atoms with Crippen molar-refractivity contribution in [3.05, 3.63) is 48.0 Å². The molecule has 0 aliphatic heterocycles. The van der Waals surface area contributed by atoms with Crippen LogP contribution in [0.3, 0.4) is 0 Å². The van der Waals surface area contributed by atoms with E-state index in [2.05, 4.69) is 0 Å². The van der Waals surface area contributed by atoms with Crippen molar-refractivity contribution in [3.63, 3.8) is 0 Å². The molecular formula is C12H10F2N2.